The number of hydrogen-bond acceptors (Lipinski definition) is 6. The maximum Gasteiger partial charge on any atom is 0.335 e. The highest BCUT2D eigenvalue weighted by Crippen LogP contribution is 2.21. The van der Waals surface area contributed by atoms with Crippen LogP contribution in [0.15, 0.2) is 47.2 Å². The zero-order valence-electron chi connectivity index (χ0n) is 10.1. The van der Waals surface area contributed by atoms with Crippen LogP contribution in [0.5, 0.6) is 0 Å². The zero-order valence-corrected chi connectivity index (χ0v) is 10.1. The molecular formula is C13H8N4O3. The molecule has 1 aromatic carbocycles. The second kappa shape index (κ2) is 4.88. The highest BCUT2D eigenvalue weighted by Gasteiger charge is 2.12. The van der Waals surface area contributed by atoms with Gasteiger partial charge < -0.3 is 9.63 Å². The first-order valence-corrected chi connectivity index (χ1v) is 5.68. The number of hydrogen-bond donors (Lipinski definition) is 1. The number of carbonyl (C=O) groups is 1. The summed E-state index contributed by atoms with van der Waals surface area (Å²) in [6.07, 6.45) is 3.02. The molecule has 0 radical (unpaired) electrons. The average molecular weight is 268 g/mol. The van der Waals surface area contributed by atoms with Gasteiger partial charge in [0.2, 0.25) is 5.82 Å². The standard InChI is InChI=1S/C13H8N4O3/c18-13(19)9-3-1-2-8(6-9)11-16-12(20-17-11)10-4-5-14-15-7-10/h1-7H,(H,18,19). The van der Waals surface area contributed by atoms with Crippen LogP contribution in [0, 0.1) is 0 Å². The molecule has 0 atom stereocenters. The van der Waals surface area contributed by atoms with Crippen LogP contribution in [0.25, 0.3) is 22.8 Å². The molecule has 2 heterocycles. The summed E-state index contributed by atoms with van der Waals surface area (Å²) in [6.45, 7) is 0. The highest BCUT2D eigenvalue weighted by molar-refractivity contribution is 5.89. The van der Waals surface area contributed by atoms with Crippen molar-refractivity contribution in [1.82, 2.24) is 20.3 Å². The van der Waals surface area contributed by atoms with Crippen LogP contribution in [-0.4, -0.2) is 31.4 Å². The molecule has 20 heavy (non-hydrogen) atoms. The third kappa shape index (κ3) is 2.24. The Morgan fingerprint density at radius 2 is 2.05 bits per heavy atom. The Labute approximate surface area is 112 Å². The summed E-state index contributed by atoms with van der Waals surface area (Å²) < 4.78 is 5.13. The molecule has 2 aromatic heterocycles. The van der Waals surface area contributed by atoms with E-state index in [1.165, 1.54) is 24.5 Å². The molecule has 0 amide bonds. The van der Waals surface area contributed by atoms with Crippen molar-refractivity contribution in [3.05, 3.63) is 48.3 Å². The molecule has 0 aliphatic heterocycles. The van der Waals surface area contributed by atoms with E-state index in [9.17, 15) is 4.79 Å². The van der Waals surface area contributed by atoms with Gasteiger partial charge in [-0.15, -0.1) is 0 Å². The van der Waals surface area contributed by atoms with Crippen LogP contribution in [0.1, 0.15) is 10.4 Å². The molecule has 0 aliphatic rings. The molecule has 0 saturated heterocycles. The van der Waals surface area contributed by atoms with Gasteiger partial charge in [-0.2, -0.15) is 15.2 Å². The van der Waals surface area contributed by atoms with Crippen molar-refractivity contribution in [2.24, 2.45) is 0 Å². The Kier molecular flexibility index (Phi) is 2.92. The summed E-state index contributed by atoms with van der Waals surface area (Å²) in [4.78, 5) is 15.1. The van der Waals surface area contributed by atoms with Gasteiger partial charge in [0, 0.05) is 5.56 Å². The fourth-order valence-corrected chi connectivity index (χ4v) is 1.67. The lowest BCUT2D eigenvalue weighted by Crippen LogP contribution is -1.96. The number of aromatic nitrogens is 4. The molecule has 1 N–H and O–H groups in total. The molecule has 7 nitrogen and oxygen atoms in total. The molecule has 0 bridgehead atoms. The number of rotatable bonds is 3. The Balaban J connectivity index is 1.98. The quantitative estimate of drug-likeness (QED) is 0.773. The van der Waals surface area contributed by atoms with E-state index in [0.717, 1.165) is 0 Å². The maximum absolute atomic E-state index is 10.9. The lowest BCUT2D eigenvalue weighted by molar-refractivity contribution is 0.0697. The topological polar surface area (TPSA) is 102 Å². The number of benzene rings is 1. The Hall–Kier alpha value is -3.09. The molecule has 0 unspecified atom stereocenters. The second-order valence-electron chi connectivity index (χ2n) is 3.94. The summed E-state index contributed by atoms with van der Waals surface area (Å²) in [6, 6.07) is 8.02. The molecule has 0 saturated carbocycles. The Morgan fingerprint density at radius 1 is 1.15 bits per heavy atom. The van der Waals surface area contributed by atoms with Gasteiger partial charge in [0.25, 0.3) is 5.89 Å². The third-order valence-electron chi connectivity index (χ3n) is 2.62. The molecule has 0 aliphatic carbocycles. The highest BCUT2D eigenvalue weighted by atomic mass is 16.5. The van der Waals surface area contributed by atoms with E-state index in [2.05, 4.69) is 20.3 Å². The second-order valence-corrected chi connectivity index (χ2v) is 3.94. The minimum Gasteiger partial charge on any atom is -0.478 e. The van der Waals surface area contributed by atoms with Gasteiger partial charge in [-0.25, -0.2) is 4.79 Å². The minimum atomic E-state index is -1.01. The zero-order chi connectivity index (χ0) is 13.9. The third-order valence-corrected chi connectivity index (χ3v) is 2.62. The van der Waals surface area contributed by atoms with Crippen molar-refractivity contribution in [1.29, 1.82) is 0 Å². The number of carboxylic acid groups (broad SMARTS) is 1. The molecule has 0 spiro atoms. The van der Waals surface area contributed by atoms with Gasteiger partial charge >= 0.3 is 5.97 Å². The normalized spacial score (nSPS) is 10.4. The van der Waals surface area contributed by atoms with Crippen LogP contribution in [0.3, 0.4) is 0 Å². The van der Waals surface area contributed by atoms with Crippen molar-refractivity contribution in [2.45, 2.75) is 0 Å². The van der Waals surface area contributed by atoms with E-state index in [1.54, 1.807) is 18.2 Å². The van der Waals surface area contributed by atoms with Crippen molar-refractivity contribution < 1.29 is 14.4 Å². The lowest BCUT2D eigenvalue weighted by Gasteiger charge is -1.96. The minimum absolute atomic E-state index is 0.166. The predicted molar refractivity (Wildman–Crippen MR) is 67.7 cm³/mol. The maximum atomic E-state index is 10.9. The smallest absolute Gasteiger partial charge is 0.335 e. The lowest BCUT2D eigenvalue weighted by atomic mass is 10.1. The van der Waals surface area contributed by atoms with E-state index in [-0.39, 0.29) is 5.56 Å². The first kappa shape index (κ1) is 12.0. The summed E-state index contributed by atoms with van der Waals surface area (Å²) in [5.74, 6) is -0.385. The van der Waals surface area contributed by atoms with Gasteiger partial charge in [0.15, 0.2) is 0 Å². The fraction of sp³-hybridized carbons (Fsp3) is 0. The van der Waals surface area contributed by atoms with Gasteiger partial charge in [-0.1, -0.05) is 17.3 Å². The monoisotopic (exact) mass is 268 g/mol. The fourth-order valence-electron chi connectivity index (χ4n) is 1.67. The Morgan fingerprint density at radius 3 is 2.80 bits per heavy atom. The molecule has 3 rings (SSSR count). The van der Waals surface area contributed by atoms with Crippen molar-refractivity contribution in [3.8, 4) is 22.8 Å². The first-order valence-electron chi connectivity index (χ1n) is 5.68. The van der Waals surface area contributed by atoms with Crippen molar-refractivity contribution >= 4 is 5.97 Å². The Bertz CT molecular complexity index is 755. The van der Waals surface area contributed by atoms with Crippen molar-refractivity contribution in [3.63, 3.8) is 0 Å². The van der Waals surface area contributed by atoms with E-state index in [0.29, 0.717) is 22.8 Å². The first-order chi connectivity index (χ1) is 9.74. The molecule has 3 aromatic rings. The van der Waals surface area contributed by atoms with Gasteiger partial charge in [0.05, 0.1) is 23.5 Å². The molecule has 98 valence electrons. The van der Waals surface area contributed by atoms with Crippen molar-refractivity contribution in [2.75, 3.05) is 0 Å². The van der Waals surface area contributed by atoms with Gasteiger partial charge in [-0.3, -0.25) is 0 Å². The van der Waals surface area contributed by atoms with Gasteiger partial charge in [0.1, 0.15) is 0 Å². The SMILES string of the molecule is O=C(O)c1cccc(-c2noc(-c3ccnnc3)n2)c1. The van der Waals surface area contributed by atoms with Crippen LogP contribution < -0.4 is 0 Å². The summed E-state index contributed by atoms with van der Waals surface area (Å²) in [5, 5.41) is 20.2. The molecular weight excluding hydrogens is 260 g/mol. The van der Waals surface area contributed by atoms with Gasteiger partial charge in [-0.05, 0) is 18.2 Å². The van der Waals surface area contributed by atoms with E-state index in [1.807, 2.05) is 0 Å². The predicted octanol–water partition coefficient (Wildman–Crippen LogP) is 1.89. The van der Waals surface area contributed by atoms with Crippen LogP contribution >= 0.6 is 0 Å². The molecule has 7 heteroatoms. The van der Waals surface area contributed by atoms with Crippen LogP contribution in [0.2, 0.25) is 0 Å². The summed E-state index contributed by atoms with van der Waals surface area (Å²) in [7, 11) is 0. The van der Waals surface area contributed by atoms with Crippen LogP contribution in [0.4, 0.5) is 0 Å². The number of aromatic carboxylic acids is 1. The largest absolute Gasteiger partial charge is 0.478 e. The van der Waals surface area contributed by atoms with E-state index in [4.69, 9.17) is 9.63 Å². The average Bonchev–Trinajstić information content (AvgIpc) is 2.98. The number of nitrogens with zero attached hydrogens (tertiary/aromatic N) is 4. The molecule has 0 fully saturated rings. The summed E-state index contributed by atoms with van der Waals surface area (Å²) in [5.41, 5.74) is 1.38. The number of carboxylic acids is 1. The van der Waals surface area contributed by atoms with E-state index < -0.39 is 5.97 Å². The van der Waals surface area contributed by atoms with E-state index >= 15 is 0 Å². The summed E-state index contributed by atoms with van der Waals surface area (Å²) >= 11 is 0. The van der Waals surface area contributed by atoms with Crippen LogP contribution in [-0.2, 0) is 0 Å².